The maximum atomic E-state index is 10.8. The number of hydrogen-bond donors (Lipinski definition) is 0. The molecule has 0 bridgehead atoms. The van der Waals surface area contributed by atoms with Gasteiger partial charge < -0.3 is 0 Å². The first kappa shape index (κ1) is 26.3. The lowest BCUT2D eigenvalue weighted by molar-refractivity contribution is -0.394. The zero-order chi connectivity index (χ0) is 27.7. The molecule has 0 fully saturated rings. The summed E-state index contributed by atoms with van der Waals surface area (Å²) < 4.78 is 2.48. The van der Waals surface area contributed by atoms with Gasteiger partial charge in [0.05, 0.1) is 55.4 Å². The van der Waals surface area contributed by atoms with Crippen LogP contribution in [0, 0.1) is 40.5 Å². The van der Waals surface area contributed by atoms with Crippen molar-refractivity contribution in [1.82, 2.24) is 29.7 Å². The molecule has 0 amide bonds. The van der Waals surface area contributed by atoms with Gasteiger partial charge in [-0.1, -0.05) is 0 Å². The highest BCUT2D eigenvalue weighted by Crippen LogP contribution is 2.24. The van der Waals surface area contributed by atoms with E-state index < -0.39 is 31.1 Å². The van der Waals surface area contributed by atoms with Crippen LogP contribution in [-0.4, -0.2) is 61.9 Å². The van der Waals surface area contributed by atoms with Gasteiger partial charge in [-0.15, -0.1) is 20.4 Å². The molecule has 2 heterocycles. The summed E-state index contributed by atoms with van der Waals surface area (Å²) in [5, 5.41) is 64.5. The minimum absolute atomic E-state index is 0.143. The van der Waals surface area contributed by atoms with Crippen LogP contribution < -0.4 is 0 Å². The molecule has 0 spiro atoms. The molecule has 0 aliphatic heterocycles. The van der Waals surface area contributed by atoms with Crippen molar-refractivity contribution in [3.05, 3.63) is 113 Å². The summed E-state index contributed by atoms with van der Waals surface area (Å²) >= 11 is 0. The zero-order valence-electron chi connectivity index (χ0n) is 18.6. The van der Waals surface area contributed by atoms with Crippen molar-refractivity contribution in [2.75, 3.05) is 0 Å². The molecule has 0 aliphatic carbocycles. The van der Waals surface area contributed by atoms with Gasteiger partial charge in [0.25, 0.3) is 22.7 Å². The summed E-state index contributed by atoms with van der Waals surface area (Å²) in [5.41, 5.74) is -1.22. The molecule has 4 aromatic rings. The van der Waals surface area contributed by atoms with Crippen molar-refractivity contribution in [3.63, 3.8) is 0 Å². The topological polar surface area (TPSA) is 259 Å². The first-order valence-electron chi connectivity index (χ1n) is 9.79. The molecule has 20 heteroatoms. The van der Waals surface area contributed by atoms with E-state index in [1.54, 1.807) is 0 Å². The van der Waals surface area contributed by atoms with E-state index in [9.17, 15) is 40.5 Å². The third kappa shape index (κ3) is 6.84. The summed E-state index contributed by atoms with van der Waals surface area (Å²) in [6, 6.07) is 6.61. The molecule has 2 aromatic heterocycles. The predicted molar refractivity (Wildman–Crippen MR) is 126 cm³/mol. The quantitative estimate of drug-likeness (QED) is 0.182. The van der Waals surface area contributed by atoms with Crippen LogP contribution in [0.2, 0.25) is 0 Å². The molecule has 192 valence electrons. The fourth-order valence-electron chi connectivity index (χ4n) is 2.59. The monoisotopic (exact) mass is 524 g/mol. The largest absolute Gasteiger partial charge is 0.285 e. The summed E-state index contributed by atoms with van der Waals surface area (Å²) in [6.45, 7) is 0. The van der Waals surface area contributed by atoms with Crippen LogP contribution >= 0.6 is 0 Å². The number of nitro benzene ring substituents is 4. The molecule has 0 saturated carbocycles. The second kappa shape index (κ2) is 11.9. The van der Waals surface area contributed by atoms with E-state index in [-0.39, 0.29) is 22.5 Å². The number of benzene rings is 2. The van der Waals surface area contributed by atoms with Gasteiger partial charge in [0.15, 0.2) is 0 Å². The van der Waals surface area contributed by atoms with Crippen LogP contribution in [0.25, 0.3) is 0 Å². The molecule has 0 aliphatic rings. The lowest BCUT2D eigenvalue weighted by Crippen LogP contribution is -1.98. The third-order valence-electron chi connectivity index (χ3n) is 4.32. The number of nitro groups is 4. The minimum Gasteiger partial charge on any atom is -0.258 e. The normalized spacial score (nSPS) is 10.7. The van der Waals surface area contributed by atoms with Crippen molar-refractivity contribution >= 4 is 35.2 Å². The van der Waals surface area contributed by atoms with Crippen LogP contribution in [0.5, 0.6) is 0 Å². The molecule has 0 radical (unpaired) electrons. The predicted octanol–water partition coefficient (Wildman–Crippen LogP) is 1.95. The van der Waals surface area contributed by atoms with Gasteiger partial charge in [-0.3, -0.25) is 40.5 Å². The molecule has 38 heavy (non-hydrogen) atoms. The van der Waals surface area contributed by atoms with Crippen molar-refractivity contribution in [1.29, 1.82) is 0 Å². The second-order valence-electron chi connectivity index (χ2n) is 6.69. The van der Waals surface area contributed by atoms with E-state index in [0.29, 0.717) is 0 Å². The Bertz CT molecular complexity index is 1420. The van der Waals surface area contributed by atoms with Gasteiger partial charge in [0.2, 0.25) is 0 Å². The smallest absolute Gasteiger partial charge is 0.258 e. The molecule has 0 saturated heterocycles. The fourth-order valence-corrected chi connectivity index (χ4v) is 2.59. The molecule has 0 N–H and O–H groups in total. The highest BCUT2D eigenvalue weighted by molar-refractivity contribution is 5.86. The number of non-ortho nitro benzene ring substituents is 2. The minimum atomic E-state index is -0.708. The number of hydrogen-bond acceptors (Lipinski definition) is 14. The SMILES string of the molecule is O=[N+]([O-])c1ccc(/C=N/n2cnnc2)c([N+](=O)[O-])c1.O=[N+]([O-])c1ccc(/C=N/n2cnnc2)c([N+](=O)[O-])c1. The first-order valence-corrected chi connectivity index (χ1v) is 9.79. The summed E-state index contributed by atoms with van der Waals surface area (Å²) in [6.07, 6.45) is 7.60. The zero-order valence-corrected chi connectivity index (χ0v) is 18.6. The second-order valence-corrected chi connectivity index (χ2v) is 6.69. The van der Waals surface area contributed by atoms with Crippen molar-refractivity contribution < 1.29 is 19.7 Å². The standard InChI is InChI=1S/2C9H6N6O4/c2*16-14(17)8-2-1-7(9(3-8)15(18)19)4-12-13-5-10-11-6-13/h2*1-6H/b2*12-4+. The Kier molecular flexibility index (Phi) is 8.21. The first-order chi connectivity index (χ1) is 18.2. The molecule has 4 rings (SSSR count). The maximum absolute atomic E-state index is 10.8. The summed E-state index contributed by atoms with van der Waals surface area (Å²) in [4.78, 5) is 40.0. The van der Waals surface area contributed by atoms with Crippen molar-refractivity contribution in [2.45, 2.75) is 0 Å². The third-order valence-corrected chi connectivity index (χ3v) is 4.32. The van der Waals surface area contributed by atoms with E-state index in [1.807, 2.05) is 0 Å². The Morgan fingerprint density at radius 3 is 1.21 bits per heavy atom. The van der Waals surface area contributed by atoms with E-state index in [0.717, 1.165) is 12.1 Å². The Balaban J connectivity index is 0.000000211. The van der Waals surface area contributed by atoms with Crippen molar-refractivity contribution in [2.24, 2.45) is 10.2 Å². The lowest BCUT2D eigenvalue weighted by atomic mass is 10.2. The molecule has 2 aromatic carbocycles. The lowest BCUT2D eigenvalue weighted by Gasteiger charge is -1.97. The van der Waals surface area contributed by atoms with Crippen LogP contribution in [0.3, 0.4) is 0 Å². The van der Waals surface area contributed by atoms with Gasteiger partial charge in [-0.2, -0.15) is 10.2 Å². The summed E-state index contributed by atoms with van der Waals surface area (Å²) in [7, 11) is 0. The van der Waals surface area contributed by atoms with E-state index in [4.69, 9.17) is 0 Å². The van der Waals surface area contributed by atoms with Crippen LogP contribution in [0.4, 0.5) is 22.7 Å². The van der Waals surface area contributed by atoms with E-state index >= 15 is 0 Å². The fraction of sp³-hybridized carbons (Fsp3) is 0. The molecular formula is C18H12N12O8. The van der Waals surface area contributed by atoms with Gasteiger partial charge in [-0.05, 0) is 12.1 Å². The number of rotatable bonds is 8. The van der Waals surface area contributed by atoms with Crippen molar-refractivity contribution in [3.8, 4) is 0 Å². The highest BCUT2D eigenvalue weighted by atomic mass is 16.6. The summed E-state index contributed by atoms with van der Waals surface area (Å²) in [5.74, 6) is 0. The van der Waals surface area contributed by atoms with Gasteiger partial charge in [0.1, 0.15) is 25.3 Å². The Hall–Kier alpha value is -6.34. The molecule has 20 nitrogen and oxygen atoms in total. The van der Waals surface area contributed by atoms with E-state index in [2.05, 4.69) is 30.6 Å². The van der Waals surface area contributed by atoms with Gasteiger partial charge >= 0.3 is 0 Å². The van der Waals surface area contributed by atoms with Gasteiger partial charge in [-0.25, -0.2) is 9.35 Å². The molecular weight excluding hydrogens is 512 g/mol. The van der Waals surface area contributed by atoms with Gasteiger partial charge in [0, 0.05) is 12.1 Å². The molecule has 0 unspecified atom stereocenters. The Morgan fingerprint density at radius 1 is 0.579 bits per heavy atom. The Morgan fingerprint density at radius 2 is 0.921 bits per heavy atom. The number of nitrogens with zero attached hydrogens (tertiary/aromatic N) is 12. The van der Waals surface area contributed by atoms with Crippen LogP contribution in [0.15, 0.2) is 71.9 Å². The maximum Gasteiger partial charge on any atom is 0.285 e. The van der Waals surface area contributed by atoms with Crippen LogP contribution in [0.1, 0.15) is 11.1 Å². The van der Waals surface area contributed by atoms with E-state index in [1.165, 1.54) is 71.4 Å². The Labute approximate surface area is 208 Å². The number of aromatic nitrogens is 6. The average molecular weight is 524 g/mol. The van der Waals surface area contributed by atoms with Crippen LogP contribution in [-0.2, 0) is 0 Å². The molecule has 0 atom stereocenters. The highest BCUT2D eigenvalue weighted by Gasteiger charge is 2.19. The average Bonchev–Trinajstić information content (AvgIpc) is 3.60.